The summed E-state index contributed by atoms with van der Waals surface area (Å²) in [4.78, 5) is 12.4. The molecule has 2 aromatic rings. The molecule has 0 unspecified atom stereocenters. The molecule has 0 aromatic heterocycles. The normalized spacial score (nSPS) is 11.7. The van der Waals surface area contributed by atoms with E-state index in [0.29, 0.717) is 28.6 Å². The Morgan fingerprint density at radius 3 is 2.42 bits per heavy atom. The zero-order valence-corrected chi connectivity index (χ0v) is 14.9. The number of hydrogen-bond donors (Lipinski definition) is 1. The van der Waals surface area contributed by atoms with Gasteiger partial charge in [0.15, 0.2) is 6.10 Å². The summed E-state index contributed by atoms with van der Waals surface area (Å²) in [5.41, 5.74) is 1.84. The standard InChI is InChI=1S/C19H22ClNO3/c1-4-13-6-9-15(10-7-13)24-17(5-2)19(22)21-14-8-11-18(23-3)16(20)12-14/h6-12,17H,4-5H2,1-3H3,(H,21,22)/t17-/m1/s1. The van der Waals surface area contributed by atoms with Gasteiger partial charge in [0, 0.05) is 5.69 Å². The number of anilines is 1. The van der Waals surface area contributed by atoms with Crippen molar-refractivity contribution in [1.29, 1.82) is 0 Å². The minimum atomic E-state index is -0.571. The van der Waals surface area contributed by atoms with Crippen molar-refractivity contribution in [3.05, 3.63) is 53.1 Å². The third kappa shape index (κ3) is 4.65. The molecule has 2 aromatic carbocycles. The number of methoxy groups -OCH3 is 1. The van der Waals surface area contributed by atoms with Crippen molar-refractivity contribution < 1.29 is 14.3 Å². The Bertz CT molecular complexity index is 686. The summed E-state index contributed by atoms with van der Waals surface area (Å²) in [7, 11) is 1.55. The number of ether oxygens (including phenoxy) is 2. The third-order valence-corrected chi connectivity index (χ3v) is 3.99. The molecule has 128 valence electrons. The predicted molar refractivity (Wildman–Crippen MR) is 97.2 cm³/mol. The van der Waals surface area contributed by atoms with Gasteiger partial charge < -0.3 is 14.8 Å². The number of carbonyl (C=O) groups excluding carboxylic acids is 1. The highest BCUT2D eigenvalue weighted by atomic mass is 35.5. The first-order chi connectivity index (χ1) is 11.6. The summed E-state index contributed by atoms with van der Waals surface area (Å²) in [5.74, 6) is 1.04. The van der Waals surface area contributed by atoms with Gasteiger partial charge in [0.2, 0.25) is 0 Å². The molecular formula is C19H22ClNO3. The van der Waals surface area contributed by atoms with Crippen LogP contribution in [0.4, 0.5) is 5.69 Å². The molecule has 0 aliphatic heterocycles. The van der Waals surface area contributed by atoms with Gasteiger partial charge in [0.05, 0.1) is 12.1 Å². The smallest absolute Gasteiger partial charge is 0.265 e. The van der Waals surface area contributed by atoms with Gasteiger partial charge >= 0.3 is 0 Å². The summed E-state index contributed by atoms with van der Waals surface area (Å²) in [6.07, 6.45) is 0.958. The van der Waals surface area contributed by atoms with Crippen LogP contribution in [0.1, 0.15) is 25.8 Å². The van der Waals surface area contributed by atoms with Gasteiger partial charge in [-0.25, -0.2) is 0 Å². The van der Waals surface area contributed by atoms with Crippen LogP contribution in [0, 0.1) is 0 Å². The van der Waals surface area contributed by atoms with E-state index in [9.17, 15) is 4.79 Å². The summed E-state index contributed by atoms with van der Waals surface area (Å²) >= 11 is 6.08. The Labute approximate surface area is 147 Å². The van der Waals surface area contributed by atoms with E-state index in [4.69, 9.17) is 21.1 Å². The topological polar surface area (TPSA) is 47.6 Å². The van der Waals surface area contributed by atoms with Crippen LogP contribution in [0.5, 0.6) is 11.5 Å². The monoisotopic (exact) mass is 347 g/mol. The van der Waals surface area contributed by atoms with Crippen LogP contribution in [-0.2, 0) is 11.2 Å². The lowest BCUT2D eigenvalue weighted by molar-refractivity contribution is -0.122. The molecule has 2 rings (SSSR count). The molecule has 4 nitrogen and oxygen atoms in total. The second-order valence-corrected chi connectivity index (χ2v) is 5.76. The van der Waals surface area contributed by atoms with E-state index in [1.165, 1.54) is 5.56 Å². The van der Waals surface area contributed by atoms with Crippen molar-refractivity contribution in [2.45, 2.75) is 32.8 Å². The van der Waals surface area contributed by atoms with Gasteiger partial charge in [-0.15, -0.1) is 0 Å². The van der Waals surface area contributed by atoms with Crippen molar-refractivity contribution >= 4 is 23.2 Å². The van der Waals surface area contributed by atoms with Gasteiger partial charge in [-0.05, 0) is 48.7 Å². The lowest BCUT2D eigenvalue weighted by Crippen LogP contribution is -2.32. The average Bonchev–Trinajstić information content (AvgIpc) is 2.60. The molecule has 1 amide bonds. The number of benzene rings is 2. The quantitative estimate of drug-likeness (QED) is 0.789. The molecule has 0 fully saturated rings. The van der Waals surface area contributed by atoms with Gasteiger partial charge in [-0.2, -0.15) is 0 Å². The molecule has 0 saturated carbocycles. The number of hydrogen-bond acceptors (Lipinski definition) is 3. The Balaban J connectivity index is 2.03. The zero-order valence-electron chi connectivity index (χ0n) is 14.1. The maximum atomic E-state index is 12.4. The second-order valence-electron chi connectivity index (χ2n) is 5.35. The molecule has 0 saturated heterocycles. The van der Waals surface area contributed by atoms with Crippen molar-refractivity contribution in [1.82, 2.24) is 0 Å². The van der Waals surface area contributed by atoms with Crippen LogP contribution in [0.25, 0.3) is 0 Å². The van der Waals surface area contributed by atoms with E-state index in [-0.39, 0.29) is 5.91 Å². The first-order valence-electron chi connectivity index (χ1n) is 7.97. The molecule has 1 atom stereocenters. The highest BCUT2D eigenvalue weighted by Crippen LogP contribution is 2.27. The molecule has 0 aliphatic rings. The molecule has 5 heteroatoms. The number of carbonyl (C=O) groups is 1. The van der Waals surface area contributed by atoms with Crippen molar-refractivity contribution in [3.63, 3.8) is 0 Å². The number of amides is 1. The molecular weight excluding hydrogens is 326 g/mol. The highest BCUT2D eigenvalue weighted by molar-refractivity contribution is 6.32. The van der Waals surface area contributed by atoms with E-state index in [0.717, 1.165) is 6.42 Å². The number of aryl methyl sites for hydroxylation is 1. The lowest BCUT2D eigenvalue weighted by atomic mass is 10.1. The first-order valence-corrected chi connectivity index (χ1v) is 8.35. The number of rotatable bonds is 7. The van der Waals surface area contributed by atoms with Gasteiger partial charge in [0.25, 0.3) is 5.91 Å². The van der Waals surface area contributed by atoms with Crippen LogP contribution in [0.15, 0.2) is 42.5 Å². The Morgan fingerprint density at radius 1 is 1.17 bits per heavy atom. The maximum absolute atomic E-state index is 12.4. The minimum absolute atomic E-state index is 0.210. The third-order valence-electron chi connectivity index (χ3n) is 3.69. The fraction of sp³-hybridized carbons (Fsp3) is 0.316. The van der Waals surface area contributed by atoms with Crippen molar-refractivity contribution in [2.75, 3.05) is 12.4 Å². The fourth-order valence-electron chi connectivity index (χ4n) is 2.26. The molecule has 1 N–H and O–H groups in total. The van der Waals surface area contributed by atoms with Crippen LogP contribution in [0.2, 0.25) is 5.02 Å². The van der Waals surface area contributed by atoms with E-state index in [2.05, 4.69) is 12.2 Å². The van der Waals surface area contributed by atoms with Crippen molar-refractivity contribution in [3.8, 4) is 11.5 Å². The Kier molecular flexibility index (Phi) is 6.50. The van der Waals surface area contributed by atoms with Crippen LogP contribution in [-0.4, -0.2) is 19.1 Å². The summed E-state index contributed by atoms with van der Waals surface area (Å²) in [6, 6.07) is 12.9. The number of nitrogens with one attached hydrogen (secondary N) is 1. The van der Waals surface area contributed by atoms with Crippen LogP contribution in [0.3, 0.4) is 0 Å². The summed E-state index contributed by atoms with van der Waals surface area (Å²) < 4.78 is 10.9. The zero-order chi connectivity index (χ0) is 17.5. The largest absolute Gasteiger partial charge is 0.495 e. The van der Waals surface area contributed by atoms with E-state index >= 15 is 0 Å². The Morgan fingerprint density at radius 2 is 1.88 bits per heavy atom. The second kappa shape index (κ2) is 8.60. The van der Waals surface area contributed by atoms with E-state index in [1.807, 2.05) is 31.2 Å². The van der Waals surface area contributed by atoms with Gasteiger partial charge in [-0.1, -0.05) is 37.6 Å². The average molecular weight is 348 g/mol. The van der Waals surface area contributed by atoms with Crippen LogP contribution < -0.4 is 14.8 Å². The van der Waals surface area contributed by atoms with Crippen molar-refractivity contribution in [2.24, 2.45) is 0 Å². The lowest BCUT2D eigenvalue weighted by Gasteiger charge is -2.18. The van der Waals surface area contributed by atoms with Crippen LogP contribution >= 0.6 is 11.6 Å². The molecule has 0 heterocycles. The predicted octanol–water partition coefficient (Wildman–Crippen LogP) is 4.71. The molecule has 0 radical (unpaired) electrons. The first kappa shape index (κ1) is 18.1. The van der Waals surface area contributed by atoms with Gasteiger partial charge in [0.1, 0.15) is 11.5 Å². The summed E-state index contributed by atoms with van der Waals surface area (Å²) in [6.45, 7) is 4.00. The van der Waals surface area contributed by atoms with Gasteiger partial charge in [-0.3, -0.25) is 4.79 Å². The Hall–Kier alpha value is -2.20. The minimum Gasteiger partial charge on any atom is -0.495 e. The SMILES string of the molecule is CCc1ccc(O[C@H](CC)C(=O)Nc2ccc(OC)c(Cl)c2)cc1. The highest BCUT2D eigenvalue weighted by Gasteiger charge is 2.19. The fourth-order valence-corrected chi connectivity index (χ4v) is 2.51. The molecule has 0 spiro atoms. The maximum Gasteiger partial charge on any atom is 0.265 e. The summed E-state index contributed by atoms with van der Waals surface area (Å²) in [5, 5.41) is 3.27. The van der Waals surface area contributed by atoms with E-state index in [1.54, 1.807) is 25.3 Å². The number of halogens is 1. The molecule has 0 bridgehead atoms. The molecule has 24 heavy (non-hydrogen) atoms. The van der Waals surface area contributed by atoms with E-state index < -0.39 is 6.10 Å². The molecule has 0 aliphatic carbocycles.